The van der Waals surface area contributed by atoms with Crippen molar-refractivity contribution in [2.75, 3.05) is 39.6 Å². The van der Waals surface area contributed by atoms with Crippen molar-refractivity contribution in [3.8, 4) is 0 Å². The number of nitro groups is 3. The van der Waals surface area contributed by atoms with E-state index in [0.717, 1.165) is 23.0 Å². The van der Waals surface area contributed by atoms with Gasteiger partial charge in [0.25, 0.3) is 10.1 Å². The summed E-state index contributed by atoms with van der Waals surface area (Å²) in [6.45, 7) is 32.9. The molecule has 2 aliphatic heterocycles. The highest BCUT2D eigenvalue weighted by Gasteiger charge is 2.40. The number of nitrogens with zero attached hydrogens (tertiary/aromatic N) is 4. The molecule has 89 heavy (non-hydrogen) atoms. The Bertz CT molecular complexity index is 3800. The van der Waals surface area contributed by atoms with Crippen LogP contribution in [0.3, 0.4) is 0 Å². The molecule has 0 radical (unpaired) electrons. The molecule has 0 saturated carbocycles. The molecule has 9 rings (SSSR count). The van der Waals surface area contributed by atoms with Gasteiger partial charge >= 0.3 is 17.1 Å². The molecule has 0 bridgehead atoms. The number of H-pyrrole nitrogens is 2. The topological polar surface area (TPSA) is 296 Å². The van der Waals surface area contributed by atoms with E-state index in [4.69, 9.17) is 27.6 Å². The number of aliphatic hydroxyl groups excluding tert-OH is 2. The molecule has 27 heteroatoms. The molecular weight excluding hydrogens is 1200 g/mol. The molecule has 4 N–H and O–H groups in total. The number of halogens is 3. The molecule has 4 aromatic carbocycles. The molecule has 22 nitrogen and oxygen atoms in total. The van der Waals surface area contributed by atoms with E-state index < -0.39 is 90.1 Å². The van der Waals surface area contributed by atoms with Gasteiger partial charge in [0.05, 0.1) is 64.8 Å². The number of aromatic amines is 2. The maximum absolute atomic E-state index is 14.2. The smallest absolute Gasteiger partial charge is 0.305 e. The molecule has 0 aliphatic carbocycles. The van der Waals surface area contributed by atoms with E-state index in [-0.39, 0.29) is 54.8 Å². The lowest BCUT2D eigenvalue weighted by molar-refractivity contribution is -0.387. The van der Waals surface area contributed by atoms with Gasteiger partial charge in [0, 0.05) is 104 Å². The van der Waals surface area contributed by atoms with Crippen LogP contribution < -0.4 is 0 Å². The predicted octanol–water partition coefficient (Wildman–Crippen LogP) is 13.6. The Morgan fingerprint density at radius 3 is 1.49 bits per heavy atom. The van der Waals surface area contributed by atoms with Crippen LogP contribution in [-0.2, 0) is 60.5 Å². The first kappa shape index (κ1) is 73.1. The SMILES string of the molecule is C.CC(C)(CO)c1cc2cc([N+](=O)[O-])c(F)cc2[nH]1.CC(C)(CO[Si](C)(C)C(C)(C)C)c1cc2cc([N+](=O)[O-])c(F)cc2[nH]1.CC1(C)OC[C@@H](Cn2c(C(C)(C)CO)cc3cc([N+](=O)[O-])c(F)cc32)O1.Cc1ccc(S(=O)(=O)OC[C@@H]2COC(C)(C)O2)cc1. The number of fused-ring (bicyclic) bond motifs is 3. The third-order valence-electron chi connectivity index (χ3n) is 15.7. The van der Waals surface area contributed by atoms with E-state index in [9.17, 15) is 62.1 Å². The zero-order valence-electron chi connectivity index (χ0n) is 52.6. The molecule has 0 amide bonds. The Balaban J connectivity index is 0.000000218. The first-order valence-corrected chi connectivity index (χ1v) is 32.6. The number of aliphatic hydroxyl groups is 2. The van der Waals surface area contributed by atoms with Crippen molar-refractivity contribution in [1.82, 2.24) is 14.5 Å². The van der Waals surface area contributed by atoms with Crippen molar-refractivity contribution >= 4 is 68.2 Å². The van der Waals surface area contributed by atoms with Crippen LogP contribution in [-0.4, -0.2) is 120 Å². The highest BCUT2D eigenvalue weighted by molar-refractivity contribution is 7.86. The number of hydrogen-bond acceptors (Lipinski definition) is 16. The number of rotatable bonds is 17. The van der Waals surface area contributed by atoms with Gasteiger partial charge in [-0.1, -0.05) is 87.4 Å². The molecule has 2 atom stereocenters. The summed E-state index contributed by atoms with van der Waals surface area (Å²) in [5, 5.41) is 53.5. The maximum atomic E-state index is 14.2. The predicted molar refractivity (Wildman–Crippen MR) is 336 cm³/mol. The Kier molecular flexibility index (Phi) is 22.5. The Morgan fingerprint density at radius 1 is 0.652 bits per heavy atom. The number of nitrogens with one attached hydrogen (secondary N) is 2. The van der Waals surface area contributed by atoms with Crippen LogP contribution in [0.2, 0.25) is 18.1 Å². The fourth-order valence-corrected chi connectivity index (χ4v) is 11.2. The third-order valence-corrected chi connectivity index (χ3v) is 21.5. The molecule has 2 fully saturated rings. The second-order valence-electron chi connectivity index (χ2n) is 26.4. The van der Waals surface area contributed by atoms with Gasteiger partial charge in [-0.3, -0.25) is 34.5 Å². The van der Waals surface area contributed by atoms with Gasteiger partial charge < -0.3 is 48.1 Å². The molecule has 2 aliphatic rings. The Hall–Kier alpha value is -6.66. The number of aromatic nitrogens is 3. The second-order valence-corrected chi connectivity index (χ2v) is 32.8. The van der Waals surface area contributed by atoms with E-state index in [0.29, 0.717) is 64.8 Å². The van der Waals surface area contributed by atoms with Gasteiger partial charge in [-0.15, -0.1) is 0 Å². The van der Waals surface area contributed by atoms with Crippen molar-refractivity contribution in [2.24, 2.45) is 0 Å². The summed E-state index contributed by atoms with van der Waals surface area (Å²) in [5.74, 6) is -3.96. The third kappa shape index (κ3) is 17.9. The number of ether oxygens (including phenoxy) is 4. The summed E-state index contributed by atoms with van der Waals surface area (Å²) in [4.78, 5) is 36.7. The number of aryl methyl sites for hydroxylation is 1. The number of benzene rings is 4. The lowest BCUT2D eigenvalue weighted by Gasteiger charge is -2.38. The Morgan fingerprint density at radius 2 is 1.08 bits per heavy atom. The molecule has 0 unspecified atom stereocenters. The van der Waals surface area contributed by atoms with Crippen LogP contribution in [0, 0.1) is 54.7 Å². The molecule has 0 spiro atoms. The fourth-order valence-electron chi connectivity index (χ4n) is 9.12. The average Bonchev–Trinajstić information content (AvgIpc) is 1.82. The van der Waals surface area contributed by atoms with Crippen molar-refractivity contribution in [1.29, 1.82) is 0 Å². The van der Waals surface area contributed by atoms with Gasteiger partial charge in [-0.05, 0) is 83.1 Å². The monoisotopic (exact) mass is 1290 g/mol. The first-order chi connectivity index (χ1) is 40.4. The van der Waals surface area contributed by atoms with Gasteiger partial charge in [0.2, 0.25) is 17.5 Å². The van der Waals surface area contributed by atoms with Gasteiger partial charge in [0.15, 0.2) is 19.9 Å². The molecule has 490 valence electrons. The summed E-state index contributed by atoms with van der Waals surface area (Å²) in [5.41, 5.74) is 1.83. The maximum Gasteiger partial charge on any atom is 0.305 e. The van der Waals surface area contributed by atoms with E-state index in [1.807, 2.05) is 59.1 Å². The summed E-state index contributed by atoms with van der Waals surface area (Å²) < 4.78 is 101. The highest BCUT2D eigenvalue weighted by Crippen LogP contribution is 2.40. The quantitative estimate of drug-likeness (QED) is 0.0285. The number of nitro benzene ring substituents is 3. The Labute approximate surface area is 517 Å². The van der Waals surface area contributed by atoms with Gasteiger partial charge in [-0.2, -0.15) is 21.6 Å². The summed E-state index contributed by atoms with van der Waals surface area (Å²) in [6.07, 6.45) is -0.609. The second kappa shape index (κ2) is 27.4. The molecule has 7 aromatic rings. The number of hydrogen-bond donors (Lipinski definition) is 4. The lowest BCUT2D eigenvalue weighted by atomic mass is 9.90. The molecule has 5 heterocycles. The normalized spacial score (nSPS) is 16.9. The van der Waals surface area contributed by atoms with Gasteiger partial charge in [-0.25, -0.2) is 0 Å². The van der Waals surface area contributed by atoms with Crippen LogP contribution in [0.1, 0.15) is 120 Å². The molecule has 2 saturated heterocycles. The highest BCUT2D eigenvalue weighted by atomic mass is 32.2. The van der Waals surface area contributed by atoms with Crippen LogP contribution in [0.5, 0.6) is 0 Å². The zero-order chi connectivity index (χ0) is 66.1. The molecular formula is C62H85F3N6O16SSi. The standard InChI is InChI=1S/C18H23FN2O5.C18H27FN2O3Si.C13H18O5S.C12H13FN2O3.CH4/c1-17(2,10-22)16-6-11-5-15(21(23)24)13(19)7-14(11)20(16)8-12-9-25-18(3,4)26-12;1-17(2,3)25(6,7)24-11-18(4,5)16-9-12-8-15(21(22)23)13(19)10-14(12)20-16;1-10-4-6-12(7-5-10)19(14,15)17-9-11-8-16-13(2,3)18-11;1-12(2,6-16)11-4-7-3-10(15(17)18)8(13)5-9(7)14-11;/h5-7,12,22H,8-10H2,1-4H3;8-10,20H,11H2,1-7H3;4-7,11H,8-9H2,1-3H3;3-5,14,16H,6H2,1-2H3;1H4/t12-;;11-;;/m1.0../s1. The first-order valence-electron chi connectivity index (χ1n) is 28.3. The van der Waals surface area contributed by atoms with E-state index in [1.54, 1.807) is 38.1 Å². The van der Waals surface area contributed by atoms with Crippen molar-refractivity contribution < 1.29 is 74.1 Å². The summed E-state index contributed by atoms with van der Waals surface area (Å²) in [7, 11) is -5.62. The van der Waals surface area contributed by atoms with Crippen LogP contribution >= 0.6 is 0 Å². The molecule has 3 aromatic heterocycles. The van der Waals surface area contributed by atoms with Crippen molar-refractivity contribution in [2.45, 2.75) is 174 Å². The van der Waals surface area contributed by atoms with E-state index in [1.165, 1.54) is 42.5 Å². The summed E-state index contributed by atoms with van der Waals surface area (Å²) in [6, 6.07) is 19.0. The van der Waals surface area contributed by atoms with Crippen molar-refractivity contribution in [3.63, 3.8) is 0 Å². The average molecular weight is 1290 g/mol. The minimum absolute atomic E-state index is 0. The van der Waals surface area contributed by atoms with Gasteiger partial charge in [0.1, 0.15) is 12.2 Å². The lowest BCUT2D eigenvalue weighted by Crippen LogP contribution is -2.44. The summed E-state index contributed by atoms with van der Waals surface area (Å²) >= 11 is 0. The largest absolute Gasteiger partial charge is 0.416 e. The zero-order valence-corrected chi connectivity index (χ0v) is 54.4. The van der Waals surface area contributed by atoms with Crippen LogP contribution in [0.4, 0.5) is 30.2 Å². The van der Waals surface area contributed by atoms with Crippen LogP contribution in [0.25, 0.3) is 32.7 Å². The minimum atomic E-state index is -3.74. The van der Waals surface area contributed by atoms with E-state index in [2.05, 4.69) is 57.7 Å². The minimum Gasteiger partial charge on any atom is -0.416 e. The fraction of sp³-hybridized carbons (Fsp3) is 0.516. The van der Waals surface area contributed by atoms with Crippen molar-refractivity contribution in [3.05, 3.63) is 149 Å². The van der Waals surface area contributed by atoms with E-state index >= 15 is 0 Å². The van der Waals surface area contributed by atoms with Crippen LogP contribution in [0.15, 0.2) is 83.8 Å².